The van der Waals surface area contributed by atoms with Crippen molar-refractivity contribution in [1.82, 2.24) is 0 Å². The van der Waals surface area contributed by atoms with E-state index in [4.69, 9.17) is 0 Å². The molecule has 0 spiro atoms. The Labute approximate surface area is 76.2 Å². The number of hydrogen-bond acceptors (Lipinski definition) is 1. The minimum atomic E-state index is -0.0643. The summed E-state index contributed by atoms with van der Waals surface area (Å²) in [6.07, 6.45) is 7.85. The van der Waals surface area contributed by atoms with Crippen LogP contribution in [0.25, 0.3) is 0 Å². The third kappa shape index (κ3) is 3.14. The molecule has 1 nitrogen and oxygen atoms in total. The van der Waals surface area contributed by atoms with Gasteiger partial charge in [-0.1, -0.05) is 39.5 Å². The first-order chi connectivity index (χ1) is 5.70. The monoisotopic (exact) mass is 170 g/mol. The maximum atomic E-state index is 9.59. The van der Waals surface area contributed by atoms with E-state index in [0.717, 1.165) is 12.3 Å². The van der Waals surface area contributed by atoms with Crippen LogP contribution in [0.5, 0.6) is 0 Å². The Hall–Kier alpha value is -0.0400. The zero-order valence-corrected chi connectivity index (χ0v) is 8.42. The molecule has 1 rings (SSSR count). The molecule has 1 heteroatoms. The molecule has 12 heavy (non-hydrogen) atoms. The molecule has 72 valence electrons. The normalized spacial score (nSPS) is 22.0. The molecule has 0 radical (unpaired) electrons. The van der Waals surface area contributed by atoms with Gasteiger partial charge in [0.15, 0.2) is 0 Å². The number of hydrogen-bond donors (Lipinski definition) is 1. The van der Waals surface area contributed by atoms with E-state index >= 15 is 0 Å². The summed E-state index contributed by atoms with van der Waals surface area (Å²) in [5.41, 5.74) is 0. The lowest BCUT2D eigenvalue weighted by Crippen LogP contribution is -2.15. The predicted molar refractivity (Wildman–Crippen MR) is 52.0 cm³/mol. The van der Waals surface area contributed by atoms with Crippen molar-refractivity contribution >= 4 is 0 Å². The summed E-state index contributed by atoms with van der Waals surface area (Å²) in [4.78, 5) is 0. The van der Waals surface area contributed by atoms with Gasteiger partial charge in [-0.2, -0.15) is 0 Å². The molecule has 0 aromatic heterocycles. The molecular weight excluding hydrogens is 148 g/mol. The van der Waals surface area contributed by atoms with Crippen molar-refractivity contribution in [3.8, 4) is 0 Å². The topological polar surface area (TPSA) is 20.2 Å². The fraction of sp³-hybridized carbons (Fsp3) is 1.00. The van der Waals surface area contributed by atoms with E-state index in [1.807, 2.05) is 0 Å². The van der Waals surface area contributed by atoms with Crippen molar-refractivity contribution in [2.75, 3.05) is 0 Å². The molecule has 1 aliphatic carbocycles. The van der Waals surface area contributed by atoms with Gasteiger partial charge in [0, 0.05) is 0 Å². The van der Waals surface area contributed by atoms with Crippen molar-refractivity contribution in [1.29, 1.82) is 0 Å². The molecular formula is C11H22O. The van der Waals surface area contributed by atoms with Crippen LogP contribution < -0.4 is 0 Å². The average Bonchev–Trinajstić information content (AvgIpc) is 2.51. The molecule has 0 bridgehead atoms. The first kappa shape index (κ1) is 10.0. The Kier molecular flexibility index (Phi) is 4.07. The first-order valence-corrected chi connectivity index (χ1v) is 5.38. The van der Waals surface area contributed by atoms with Gasteiger partial charge in [-0.05, 0) is 24.7 Å². The fourth-order valence-corrected chi connectivity index (χ4v) is 2.04. The molecule has 1 atom stereocenters. The van der Waals surface area contributed by atoms with Crippen LogP contribution in [0.1, 0.15) is 52.4 Å². The predicted octanol–water partition coefficient (Wildman–Crippen LogP) is 2.97. The van der Waals surface area contributed by atoms with Gasteiger partial charge in [-0.25, -0.2) is 0 Å². The smallest absolute Gasteiger partial charge is 0.0563 e. The third-order valence-electron chi connectivity index (χ3n) is 3.11. The van der Waals surface area contributed by atoms with Gasteiger partial charge in [-0.3, -0.25) is 0 Å². The highest BCUT2D eigenvalue weighted by molar-refractivity contribution is 4.70. The molecule has 1 fully saturated rings. The highest BCUT2D eigenvalue weighted by atomic mass is 16.3. The number of aliphatic hydroxyl groups is 1. The number of rotatable bonds is 4. The molecule has 0 aromatic carbocycles. The fourth-order valence-electron chi connectivity index (χ4n) is 2.04. The van der Waals surface area contributed by atoms with E-state index in [0.29, 0.717) is 5.92 Å². The van der Waals surface area contributed by atoms with Crippen LogP contribution in [0, 0.1) is 11.8 Å². The maximum Gasteiger partial charge on any atom is 0.0563 e. The van der Waals surface area contributed by atoms with Crippen LogP contribution in [-0.2, 0) is 0 Å². The van der Waals surface area contributed by atoms with Crippen LogP contribution in [0.15, 0.2) is 0 Å². The molecule has 0 saturated heterocycles. The summed E-state index contributed by atoms with van der Waals surface area (Å²) in [5, 5.41) is 9.59. The maximum absolute atomic E-state index is 9.59. The third-order valence-corrected chi connectivity index (χ3v) is 3.11. The van der Waals surface area contributed by atoms with Crippen molar-refractivity contribution in [2.24, 2.45) is 11.8 Å². The lowest BCUT2D eigenvalue weighted by molar-refractivity contribution is 0.108. The SMILES string of the molecule is CC(C)C(O)CCC1CCCC1. The largest absolute Gasteiger partial charge is 0.393 e. The summed E-state index contributed by atoms with van der Waals surface area (Å²) >= 11 is 0. The van der Waals surface area contributed by atoms with E-state index in [1.165, 1.54) is 32.1 Å². The second-order valence-electron chi connectivity index (χ2n) is 4.54. The zero-order valence-electron chi connectivity index (χ0n) is 8.42. The van der Waals surface area contributed by atoms with Gasteiger partial charge >= 0.3 is 0 Å². The molecule has 0 aromatic rings. The van der Waals surface area contributed by atoms with Crippen LogP contribution >= 0.6 is 0 Å². The molecule has 0 amide bonds. The summed E-state index contributed by atoms with van der Waals surface area (Å²) in [6, 6.07) is 0. The molecule has 0 heterocycles. The van der Waals surface area contributed by atoms with E-state index in [1.54, 1.807) is 0 Å². The van der Waals surface area contributed by atoms with Crippen LogP contribution in [0.3, 0.4) is 0 Å². The molecule has 1 aliphatic rings. The van der Waals surface area contributed by atoms with Gasteiger partial charge < -0.3 is 5.11 Å². The van der Waals surface area contributed by atoms with Crippen LogP contribution in [0.2, 0.25) is 0 Å². The van der Waals surface area contributed by atoms with Crippen LogP contribution in [0.4, 0.5) is 0 Å². The van der Waals surface area contributed by atoms with Crippen molar-refractivity contribution in [2.45, 2.75) is 58.5 Å². The van der Waals surface area contributed by atoms with E-state index in [-0.39, 0.29) is 6.10 Å². The molecule has 1 unspecified atom stereocenters. The molecule has 1 saturated carbocycles. The van der Waals surface area contributed by atoms with Crippen LogP contribution in [-0.4, -0.2) is 11.2 Å². The zero-order chi connectivity index (χ0) is 8.97. The average molecular weight is 170 g/mol. The Bertz CT molecular complexity index is 112. The summed E-state index contributed by atoms with van der Waals surface area (Å²) in [7, 11) is 0. The standard InChI is InChI=1S/C11H22O/c1-9(2)11(12)8-7-10-5-3-4-6-10/h9-12H,3-8H2,1-2H3. The minimum Gasteiger partial charge on any atom is -0.393 e. The van der Waals surface area contributed by atoms with Gasteiger partial charge in [0.2, 0.25) is 0 Å². The highest BCUT2D eigenvalue weighted by Gasteiger charge is 2.17. The Balaban J connectivity index is 2.07. The molecule has 0 aliphatic heterocycles. The van der Waals surface area contributed by atoms with E-state index < -0.39 is 0 Å². The molecule has 1 N–H and O–H groups in total. The second kappa shape index (κ2) is 4.86. The summed E-state index contributed by atoms with van der Waals surface area (Å²) in [6.45, 7) is 4.19. The quantitative estimate of drug-likeness (QED) is 0.687. The Morgan fingerprint density at radius 3 is 2.33 bits per heavy atom. The van der Waals surface area contributed by atoms with Crippen molar-refractivity contribution in [3.05, 3.63) is 0 Å². The van der Waals surface area contributed by atoms with Gasteiger partial charge in [0.1, 0.15) is 0 Å². The Morgan fingerprint density at radius 1 is 1.25 bits per heavy atom. The Morgan fingerprint density at radius 2 is 1.83 bits per heavy atom. The van der Waals surface area contributed by atoms with E-state index in [2.05, 4.69) is 13.8 Å². The van der Waals surface area contributed by atoms with Gasteiger partial charge in [0.25, 0.3) is 0 Å². The minimum absolute atomic E-state index is 0.0643. The number of aliphatic hydroxyl groups excluding tert-OH is 1. The first-order valence-electron chi connectivity index (χ1n) is 5.38. The second-order valence-corrected chi connectivity index (χ2v) is 4.54. The van der Waals surface area contributed by atoms with E-state index in [9.17, 15) is 5.11 Å². The lowest BCUT2D eigenvalue weighted by atomic mass is 9.95. The lowest BCUT2D eigenvalue weighted by Gasteiger charge is -2.16. The summed E-state index contributed by atoms with van der Waals surface area (Å²) < 4.78 is 0. The highest BCUT2D eigenvalue weighted by Crippen LogP contribution is 2.29. The summed E-state index contributed by atoms with van der Waals surface area (Å²) in [5.74, 6) is 1.37. The van der Waals surface area contributed by atoms with Gasteiger partial charge in [-0.15, -0.1) is 0 Å². The van der Waals surface area contributed by atoms with Crippen molar-refractivity contribution < 1.29 is 5.11 Å². The van der Waals surface area contributed by atoms with Gasteiger partial charge in [0.05, 0.1) is 6.10 Å². The van der Waals surface area contributed by atoms with Crippen molar-refractivity contribution in [3.63, 3.8) is 0 Å².